The second-order valence-corrected chi connectivity index (χ2v) is 11.6. The van der Waals surface area contributed by atoms with E-state index in [2.05, 4.69) is 10.4 Å². The van der Waals surface area contributed by atoms with Crippen molar-refractivity contribution in [3.05, 3.63) is 65.9 Å². The van der Waals surface area contributed by atoms with Gasteiger partial charge in [-0.1, -0.05) is 29.8 Å². The molecule has 0 saturated carbocycles. The van der Waals surface area contributed by atoms with Gasteiger partial charge < -0.3 is 5.32 Å². The second kappa shape index (κ2) is 11.5. The molecule has 2 amide bonds. The fourth-order valence-corrected chi connectivity index (χ4v) is 4.68. The third-order valence-corrected chi connectivity index (χ3v) is 7.36. The zero-order valence-electron chi connectivity index (χ0n) is 20.3. The molecule has 210 valence electrons. The molecule has 0 fully saturated rings. The maximum absolute atomic E-state index is 13.4. The number of hydrogen-bond donors (Lipinski definition) is 3. The SMILES string of the molecule is Cc1ccc(-c2cc(C(F)(F)F)nn2-c2ccc(S(=O)(=O)NC(=O)CCC(=O)NCCS(=O)(=O)O)cc2)cc1. The number of halogens is 3. The molecule has 3 rings (SSSR count). The van der Waals surface area contributed by atoms with Gasteiger partial charge in [0.1, 0.15) is 0 Å². The van der Waals surface area contributed by atoms with Crippen LogP contribution in [-0.4, -0.2) is 55.3 Å². The highest BCUT2D eigenvalue weighted by atomic mass is 32.2. The number of benzene rings is 2. The number of carbonyl (C=O) groups is 2. The van der Waals surface area contributed by atoms with E-state index in [1.807, 2.05) is 6.92 Å². The molecule has 0 unspecified atom stereocenters. The minimum absolute atomic E-state index is 0.126. The van der Waals surface area contributed by atoms with E-state index in [0.717, 1.165) is 28.4 Å². The van der Waals surface area contributed by atoms with E-state index in [-0.39, 0.29) is 16.3 Å². The van der Waals surface area contributed by atoms with Crippen LogP contribution in [0.3, 0.4) is 0 Å². The Morgan fingerprint density at radius 1 is 0.949 bits per heavy atom. The van der Waals surface area contributed by atoms with Crippen molar-refractivity contribution >= 4 is 32.0 Å². The van der Waals surface area contributed by atoms with Crippen molar-refractivity contribution in [2.75, 3.05) is 12.3 Å². The van der Waals surface area contributed by atoms with Crippen molar-refractivity contribution in [1.29, 1.82) is 0 Å². The zero-order chi connectivity index (χ0) is 29.0. The average molecular weight is 589 g/mol. The molecule has 3 N–H and O–H groups in total. The number of alkyl halides is 3. The van der Waals surface area contributed by atoms with E-state index in [1.165, 1.54) is 12.1 Å². The molecular weight excluding hydrogens is 565 g/mol. The van der Waals surface area contributed by atoms with Gasteiger partial charge in [0.05, 0.1) is 22.0 Å². The summed E-state index contributed by atoms with van der Waals surface area (Å²) in [6, 6.07) is 12.2. The predicted octanol–water partition coefficient (Wildman–Crippen LogP) is 2.46. The second-order valence-electron chi connectivity index (χ2n) is 8.35. The first-order valence-electron chi connectivity index (χ1n) is 11.2. The molecular formula is C23H23F3N4O7S2. The van der Waals surface area contributed by atoms with Crippen molar-refractivity contribution in [2.24, 2.45) is 0 Å². The molecule has 0 saturated heterocycles. The van der Waals surface area contributed by atoms with Crippen molar-refractivity contribution in [3.8, 4) is 16.9 Å². The minimum Gasteiger partial charge on any atom is -0.355 e. The van der Waals surface area contributed by atoms with Gasteiger partial charge in [-0.05, 0) is 37.3 Å². The number of carbonyl (C=O) groups excluding carboxylic acids is 2. The number of rotatable bonds is 10. The Balaban J connectivity index is 1.73. The summed E-state index contributed by atoms with van der Waals surface area (Å²) in [7, 11) is -8.66. The summed E-state index contributed by atoms with van der Waals surface area (Å²) >= 11 is 0. The molecule has 16 heteroatoms. The largest absolute Gasteiger partial charge is 0.435 e. The molecule has 39 heavy (non-hydrogen) atoms. The molecule has 3 aromatic rings. The van der Waals surface area contributed by atoms with Crippen molar-refractivity contribution in [2.45, 2.75) is 30.8 Å². The third kappa shape index (κ3) is 8.36. The molecule has 0 bridgehead atoms. The lowest BCUT2D eigenvalue weighted by atomic mass is 10.1. The monoisotopic (exact) mass is 588 g/mol. The molecule has 1 heterocycles. The standard InChI is InChI=1S/C23H23F3N4O7S2/c1-15-2-4-16(5-3-15)19-14-20(23(24,25)26)28-30(19)17-6-8-18(9-7-17)39(36,37)29-22(32)11-10-21(31)27-12-13-38(33,34)35/h2-9,14H,10-13H2,1H3,(H,27,31)(H,29,32)(H,33,34,35). The Hall–Kier alpha value is -3.76. The highest BCUT2D eigenvalue weighted by molar-refractivity contribution is 7.90. The Morgan fingerprint density at radius 3 is 2.10 bits per heavy atom. The average Bonchev–Trinajstić information content (AvgIpc) is 3.28. The van der Waals surface area contributed by atoms with Crippen LogP contribution in [0.4, 0.5) is 13.2 Å². The smallest absolute Gasteiger partial charge is 0.355 e. The van der Waals surface area contributed by atoms with Crippen molar-refractivity contribution < 1.29 is 44.1 Å². The lowest BCUT2D eigenvalue weighted by molar-refractivity contribution is -0.141. The maximum Gasteiger partial charge on any atom is 0.435 e. The molecule has 0 aliphatic heterocycles. The number of amides is 2. The summed E-state index contributed by atoms with van der Waals surface area (Å²) in [6.07, 6.45) is -5.71. The van der Waals surface area contributed by atoms with Crippen LogP contribution in [0.2, 0.25) is 0 Å². The zero-order valence-corrected chi connectivity index (χ0v) is 21.9. The fourth-order valence-electron chi connectivity index (χ4n) is 3.31. The Kier molecular flexibility index (Phi) is 8.82. The Morgan fingerprint density at radius 2 is 1.54 bits per heavy atom. The van der Waals surface area contributed by atoms with E-state index in [1.54, 1.807) is 29.0 Å². The van der Waals surface area contributed by atoms with Crippen LogP contribution in [0.5, 0.6) is 0 Å². The maximum atomic E-state index is 13.4. The number of aromatic nitrogens is 2. The van der Waals surface area contributed by atoms with Crippen LogP contribution < -0.4 is 10.0 Å². The number of aryl methyl sites for hydroxylation is 1. The first-order chi connectivity index (χ1) is 18.0. The summed E-state index contributed by atoms with van der Waals surface area (Å²) in [6.45, 7) is 1.43. The van der Waals surface area contributed by atoms with E-state index >= 15 is 0 Å². The minimum atomic E-state index is -4.72. The van der Waals surface area contributed by atoms with Crippen LogP contribution in [0, 0.1) is 6.92 Å². The van der Waals surface area contributed by atoms with Crippen LogP contribution in [0.15, 0.2) is 59.5 Å². The van der Waals surface area contributed by atoms with Gasteiger partial charge in [-0.25, -0.2) is 17.8 Å². The predicted molar refractivity (Wildman–Crippen MR) is 133 cm³/mol. The molecule has 2 aromatic carbocycles. The van der Waals surface area contributed by atoms with Crippen molar-refractivity contribution in [1.82, 2.24) is 19.8 Å². The third-order valence-electron chi connectivity index (χ3n) is 5.25. The number of sulfonamides is 1. The van der Waals surface area contributed by atoms with Gasteiger partial charge in [0, 0.05) is 24.9 Å². The van der Waals surface area contributed by atoms with Crippen molar-refractivity contribution in [3.63, 3.8) is 0 Å². The topological polar surface area (TPSA) is 165 Å². The van der Waals surface area contributed by atoms with E-state index < -0.39 is 69.0 Å². The first-order valence-corrected chi connectivity index (χ1v) is 14.3. The first kappa shape index (κ1) is 29.8. The summed E-state index contributed by atoms with van der Waals surface area (Å²) in [4.78, 5) is 23.3. The number of nitrogens with one attached hydrogen (secondary N) is 2. The number of nitrogens with zero attached hydrogens (tertiary/aromatic N) is 2. The lowest BCUT2D eigenvalue weighted by Crippen LogP contribution is -2.33. The Labute approximate surface area is 221 Å². The molecule has 0 aliphatic rings. The summed E-state index contributed by atoms with van der Waals surface area (Å²) in [5, 5.41) is 5.81. The van der Waals surface area contributed by atoms with E-state index in [4.69, 9.17) is 4.55 Å². The highest BCUT2D eigenvalue weighted by Crippen LogP contribution is 2.33. The molecule has 0 atom stereocenters. The van der Waals surface area contributed by atoms with E-state index in [9.17, 15) is 39.6 Å². The van der Waals surface area contributed by atoms with Gasteiger partial charge in [0.15, 0.2) is 5.69 Å². The normalized spacial score (nSPS) is 12.2. The van der Waals surface area contributed by atoms with Gasteiger partial charge >= 0.3 is 6.18 Å². The molecule has 1 aromatic heterocycles. The van der Waals surface area contributed by atoms with Crippen LogP contribution in [0.1, 0.15) is 24.1 Å². The van der Waals surface area contributed by atoms with Gasteiger partial charge in [0.2, 0.25) is 11.8 Å². The molecule has 0 spiro atoms. The molecule has 11 nitrogen and oxygen atoms in total. The Bertz CT molecular complexity index is 1570. The van der Waals surface area contributed by atoms with Crippen LogP contribution in [-0.2, 0) is 35.9 Å². The number of hydrogen-bond acceptors (Lipinski definition) is 7. The fraction of sp³-hybridized carbons (Fsp3) is 0.261. The van der Waals surface area contributed by atoms with Gasteiger partial charge in [-0.3, -0.25) is 14.1 Å². The van der Waals surface area contributed by atoms with E-state index in [0.29, 0.717) is 5.56 Å². The molecule has 0 radical (unpaired) electrons. The highest BCUT2D eigenvalue weighted by Gasteiger charge is 2.35. The quantitative estimate of drug-likeness (QED) is 0.304. The summed E-state index contributed by atoms with van der Waals surface area (Å²) in [5.41, 5.74) is 0.475. The van der Waals surface area contributed by atoms with Gasteiger partial charge in [0.25, 0.3) is 20.1 Å². The summed E-state index contributed by atoms with van der Waals surface area (Å²) < 4.78 is 98.0. The van der Waals surface area contributed by atoms with Crippen LogP contribution in [0.25, 0.3) is 16.9 Å². The summed E-state index contributed by atoms with van der Waals surface area (Å²) in [5.74, 6) is -2.48. The lowest BCUT2D eigenvalue weighted by Gasteiger charge is -2.10. The van der Waals surface area contributed by atoms with Gasteiger partial charge in [-0.15, -0.1) is 0 Å². The van der Waals surface area contributed by atoms with Crippen LogP contribution >= 0.6 is 0 Å². The van der Waals surface area contributed by atoms with Gasteiger partial charge in [-0.2, -0.15) is 26.7 Å². The molecule has 0 aliphatic carbocycles.